The Morgan fingerprint density at radius 1 is 1.12 bits per heavy atom. The smallest absolute Gasteiger partial charge is 0.254 e. The van der Waals surface area contributed by atoms with E-state index >= 15 is 0 Å². The lowest BCUT2D eigenvalue weighted by Gasteiger charge is -2.08. The summed E-state index contributed by atoms with van der Waals surface area (Å²) in [5.41, 5.74) is 0.871. The van der Waals surface area contributed by atoms with Crippen LogP contribution in [-0.4, -0.2) is 23.3 Å². The van der Waals surface area contributed by atoms with Crippen LogP contribution in [0.2, 0.25) is 0 Å². The van der Waals surface area contributed by atoms with E-state index < -0.39 is 23.4 Å². The third-order valence-corrected chi connectivity index (χ3v) is 3.45. The van der Waals surface area contributed by atoms with Gasteiger partial charge in [0.25, 0.3) is 5.91 Å². The normalized spacial score (nSPS) is 10.4. The van der Waals surface area contributed by atoms with Crippen LogP contribution in [0, 0.1) is 11.6 Å². The molecule has 132 valence electrons. The van der Waals surface area contributed by atoms with Crippen LogP contribution in [0.3, 0.4) is 0 Å². The minimum Gasteiger partial charge on any atom is -0.444 e. The number of benzene rings is 2. The van der Waals surface area contributed by atoms with Crippen molar-refractivity contribution in [1.82, 2.24) is 10.3 Å². The Kier molecular flexibility index (Phi) is 5.02. The zero-order valence-corrected chi connectivity index (χ0v) is 13.3. The second-order valence-corrected chi connectivity index (χ2v) is 5.30. The van der Waals surface area contributed by atoms with Crippen molar-refractivity contribution >= 4 is 17.5 Å². The number of hydrogen-bond donors (Lipinski definition) is 2. The Morgan fingerprint density at radius 2 is 1.96 bits per heavy atom. The van der Waals surface area contributed by atoms with Crippen LogP contribution in [0.1, 0.15) is 10.4 Å². The van der Waals surface area contributed by atoms with E-state index in [1.165, 1.54) is 6.39 Å². The van der Waals surface area contributed by atoms with Crippen molar-refractivity contribution < 1.29 is 22.8 Å². The molecule has 0 saturated heterocycles. The topological polar surface area (TPSA) is 84.2 Å². The Hall–Kier alpha value is -3.55. The second kappa shape index (κ2) is 7.56. The maximum atomic E-state index is 13.5. The first-order chi connectivity index (χ1) is 12.5. The van der Waals surface area contributed by atoms with Crippen LogP contribution in [0.4, 0.5) is 14.5 Å². The fourth-order valence-corrected chi connectivity index (χ4v) is 2.24. The van der Waals surface area contributed by atoms with E-state index in [9.17, 15) is 18.4 Å². The average molecular weight is 357 g/mol. The molecular formula is C18H13F2N3O3. The monoisotopic (exact) mass is 357 g/mol. The van der Waals surface area contributed by atoms with Crippen LogP contribution < -0.4 is 10.6 Å². The first-order valence-electron chi connectivity index (χ1n) is 7.55. The lowest BCUT2D eigenvalue weighted by molar-refractivity contribution is -0.115. The predicted molar refractivity (Wildman–Crippen MR) is 89.3 cm³/mol. The van der Waals surface area contributed by atoms with E-state index in [4.69, 9.17) is 4.42 Å². The molecule has 0 unspecified atom stereocenters. The molecule has 6 nitrogen and oxygen atoms in total. The van der Waals surface area contributed by atoms with Gasteiger partial charge in [0.1, 0.15) is 11.6 Å². The maximum Gasteiger partial charge on any atom is 0.254 e. The largest absolute Gasteiger partial charge is 0.444 e. The number of nitrogens with zero attached hydrogens (tertiary/aromatic N) is 1. The number of carbonyl (C=O) groups excluding carboxylic acids is 2. The van der Waals surface area contributed by atoms with Crippen molar-refractivity contribution in [2.24, 2.45) is 0 Å². The van der Waals surface area contributed by atoms with Crippen LogP contribution in [-0.2, 0) is 4.79 Å². The van der Waals surface area contributed by atoms with Crippen LogP contribution in [0.15, 0.2) is 59.5 Å². The van der Waals surface area contributed by atoms with E-state index in [0.717, 1.165) is 17.7 Å². The van der Waals surface area contributed by atoms with Crippen molar-refractivity contribution in [2.45, 2.75) is 0 Å². The number of amides is 2. The van der Waals surface area contributed by atoms with Crippen LogP contribution >= 0.6 is 0 Å². The van der Waals surface area contributed by atoms with Crippen LogP contribution in [0.25, 0.3) is 11.3 Å². The molecule has 3 aromatic rings. The van der Waals surface area contributed by atoms with Gasteiger partial charge >= 0.3 is 0 Å². The summed E-state index contributed by atoms with van der Waals surface area (Å²) in [6, 6.07) is 9.43. The van der Waals surface area contributed by atoms with Gasteiger partial charge in [-0.05, 0) is 24.3 Å². The molecule has 0 saturated carbocycles. The quantitative estimate of drug-likeness (QED) is 0.735. The maximum absolute atomic E-state index is 13.5. The second-order valence-electron chi connectivity index (χ2n) is 5.30. The molecule has 0 spiro atoms. The van der Waals surface area contributed by atoms with Gasteiger partial charge in [-0.25, -0.2) is 13.8 Å². The summed E-state index contributed by atoms with van der Waals surface area (Å²) >= 11 is 0. The molecule has 0 fully saturated rings. The summed E-state index contributed by atoms with van der Waals surface area (Å²) in [6.07, 6.45) is 2.84. The van der Waals surface area contributed by atoms with Gasteiger partial charge in [-0.1, -0.05) is 12.1 Å². The van der Waals surface area contributed by atoms with Crippen molar-refractivity contribution in [3.05, 3.63) is 72.3 Å². The molecule has 8 heteroatoms. The number of nitrogens with one attached hydrogen (secondary N) is 2. The molecular weight excluding hydrogens is 344 g/mol. The fourth-order valence-electron chi connectivity index (χ4n) is 2.24. The Morgan fingerprint density at radius 3 is 2.69 bits per heavy atom. The molecule has 0 atom stereocenters. The first kappa shape index (κ1) is 17.3. The SMILES string of the molecule is O=C(CNC(=O)c1ccc(F)cc1F)Nc1cccc(-c2cnco2)c1. The third-order valence-electron chi connectivity index (χ3n) is 3.45. The molecule has 2 amide bonds. The van der Waals surface area contributed by atoms with Crippen molar-refractivity contribution in [2.75, 3.05) is 11.9 Å². The number of carbonyl (C=O) groups is 2. The number of hydrogen-bond acceptors (Lipinski definition) is 4. The molecule has 0 bridgehead atoms. The van der Waals surface area contributed by atoms with Crippen molar-refractivity contribution in [3.63, 3.8) is 0 Å². The third kappa shape index (κ3) is 4.10. The molecule has 2 aromatic carbocycles. The minimum atomic E-state index is -0.998. The van der Waals surface area contributed by atoms with E-state index in [1.807, 2.05) is 0 Å². The van der Waals surface area contributed by atoms with Crippen LogP contribution in [0.5, 0.6) is 0 Å². The van der Waals surface area contributed by atoms with Gasteiger partial charge in [0.05, 0.1) is 18.3 Å². The number of anilines is 1. The van der Waals surface area contributed by atoms with E-state index in [0.29, 0.717) is 17.5 Å². The number of rotatable bonds is 5. The summed E-state index contributed by atoms with van der Waals surface area (Å²) in [7, 11) is 0. The highest BCUT2D eigenvalue weighted by molar-refractivity contribution is 5.99. The average Bonchev–Trinajstić information content (AvgIpc) is 3.14. The summed E-state index contributed by atoms with van der Waals surface area (Å²) in [4.78, 5) is 27.7. The van der Waals surface area contributed by atoms with E-state index in [2.05, 4.69) is 15.6 Å². The minimum absolute atomic E-state index is 0.341. The van der Waals surface area contributed by atoms with Gasteiger partial charge in [0, 0.05) is 17.3 Å². The lowest BCUT2D eigenvalue weighted by Crippen LogP contribution is -2.33. The molecule has 0 aliphatic rings. The fraction of sp³-hybridized carbons (Fsp3) is 0.0556. The molecule has 26 heavy (non-hydrogen) atoms. The number of oxazole rings is 1. The van der Waals surface area contributed by atoms with Gasteiger partial charge in [0.15, 0.2) is 12.2 Å². The zero-order chi connectivity index (χ0) is 18.5. The van der Waals surface area contributed by atoms with Crippen molar-refractivity contribution in [1.29, 1.82) is 0 Å². The van der Waals surface area contributed by atoms with Gasteiger partial charge in [0.2, 0.25) is 5.91 Å². The summed E-state index contributed by atoms with van der Waals surface area (Å²) in [5.74, 6) is -2.56. The molecule has 0 aliphatic heterocycles. The lowest BCUT2D eigenvalue weighted by atomic mass is 10.1. The summed E-state index contributed by atoms with van der Waals surface area (Å²) in [6.45, 7) is -0.373. The van der Waals surface area contributed by atoms with Gasteiger partial charge in [-0.2, -0.15) is 0 Å². The molecule has 1 heterocycles. The Balaban J connectivity index is 1.59. The van der Waals surface area contributed by atoms with E-state index in [-0.39, 0.29) is 12.1 Å². The summed E-state index contributed by atoms with van der Waals surface area (Å²) in [5, 5.41) is 4.88. The predicted octanol–water partition coefficient (Wildman–Crippen LogP) is 2.99. The molecule has 0 radical (unpaired) electrons. The standard InChI is InChI=1S/C18H13F2N3O3/c19-12-4-5-14(15(20)7-12)18(25)22-9-17(24)23-13-3-1-2-11(6-13)16-8-21-10-26-16/h1-8,10H,9H2,(H,22,25)(H,23,24). The first-order valence-corrected chi connectivity index (χ1v) is 7.55. The highest BCUT2D eigenvalue weighted by Crippen LogP contribution is 2.21. The van der Waals surface area contributed by atoms with Gasteiger partial charge < -0.3 is 15.1 Å². The number of halogens is 2. The molecule has 1 aromatic heterocycles. The number of aromatic nitrogens is 1. The van der Waals surface area contributed by atoms with Crippen molar-refractivity contribution in [3.8, 4) is 11.3 Å². The Labute approximate surface area is 146 Å². The Bertz CT molecular complexity index is 943. The highest BCUT2D eigenvalue weighted by atomic mass is 19.1. The molecule has 0 aliphatic carbocycles. The highest BCUT2D eigenvalue weighted by Gasteiger charge is 2.13. The van der Waals surface area contributed by atoms with E-state index in [1.54, 1.807) is 30.5 Å². The molecule has 2 N–H and O–H groups in total. The zero-order valence-electron chi connectivity index (χ0n) is 13.3. The van der Waals surface area contributed by atoms with Gasteiger partial charge in [-0.15, -0.1) is 0 Å². The molecule has 3 rings (SSSR count). The van der Waals surface area contributed by atoms with Gasteiger partial charge in [-0.3, -0.25) is 9.59 Å². The summed E-state index contributed by atoms with van der Waals surface area (Å²) < 4.78 is 31.6.